The van der Waals surface area contributed by atoms with Gasteiger partial charge < -0.3 is 5.10 Å². The van der Waals surface area contributed by atoms with Gasteiger partial charge in [0.05, 0.1) is 0 Å². The third-order valence-corrected chi connectivity index (χ3v) is 2.02. The van der Waals surface area contributed by atoms with Crippen LogP contribution in [-0.4, -0.2) is 9.78 Å². The van der Waals surface area contributed by atoms with E-state index in [1.54, 1.807) is 13.2 Å². The first kappa shape index (κ1) is 7.56. The highest BCUT2D eigenvalue weighted by molar-refractivity contribution is 7.81. The molecule has 0 atom stereocenters. The van der Waals surface area contributed by atoms with E-state index in [4.69, 9.17) is 12.2 Å². The van der Waals surface area contributed by atoms with Crippen molar-refractivity contribution in [2.24, 2.45) is 7.05 Å². The number of thiol groups is 1. The minimum Gasteiger partial charge on any atom is -0.302 e. The molecule has 0 aliphatic heterocycles. The summed E-state index contributed by atoms with van der Waals surface area (Å²) in [6.45, 7) is 0. The van der Waals surface area contributed by atoms with E-state index >= 15 is 0 Å². The van der Waals surface area contributed by atoms with Gasteiger partial charge in [-0.05, 0) is 0 Å². The van der Waals surface area contributed by atoms with E-state index in [0.29, 0.717) is 4.90 Å². The molecule has 3 nitrogen and oxygen atoms in total. The standard InChI is InChI=1S/C5H6N2OS2/c1-7-5(8)4(10)3(9)2-6-7/h2,6,9H,1H3. The summed E-state index contributed by atoms with van der Waals surface area (Å²) < 4.78 is 1.56. The molecule has 1 aromatic heterocycles. The van der Waals surface area contributed by atoms with Crippen molar-refractivity contribution in [2.45, 2.75) is 4.90 Å². The molecule has 0 amide bonds. The first-order valence-electron chi connectivity index (χ1n) is 2.60. The number of H-pyrrole nitrogens is 1. The number of nitrogens with one attached hydrogen (secondary N) is 1. The van der Waals surface area contributed by atoms with Gasteiger partial charge in [-0.15, -0.1) is 12.6 Å². The molecule has 0 saturated heterocycles. The molecular formula is C5H6N2OS2. The number of hydrogen-bond donors (Lipinski definition) is 2. The summed E-state index contributed by atoms with van der Waals surface area (Å²) in [5, 5.41) is 2.67. The Hall–Kier alpha value is -0.550. The molecule has 5 heteroatoms. The van der Waals surface area contributed by atoms with Gasteiger partial charge in [0.1, 0.15) is 4.51 Å². The van der Waals surface area contributed by atoms with Crippen molar-refractivity contribution in [3.63, 3.8) is 0 Å². The third kappa shape index (κ3) is 1.15. The van der Waals surface area contributed by atoms with Crippen molar-refractivity contribution in [3.8, 4) is 0 Å². The quantitative estimate of drug-likeness (QED) is 0.449. The van der Waals surface area contributed by atoms with Crippen LogP contribution in [0.1, 0.15) is 0 Å². The smallest absolute Gasteiger partial charge is 0.284 e. The molecule has 0 saturated carbocycles. The number of nitrogens with zero attached hydrogens (tertiary/aromatic N) is 1. The maximum absolute atomic E-state index is 11.0. The van der Waals surface area contributed by atoms with E-state index in [0.717, 1.165) is 0 Å². The van der Waals surface area contributed by atoms with Gasteiger partial charge >= 0.3 is 0 Å². The summed E-state index contributed by atoms with van der Waals surface area (Å²) in [6.07, 6.45) is 1.58. The predicted molar refractivity (Wildman–Crippen MR) is 44.1 cm³/mol. The molecule has 54 valence electrons. The van der Waals surface area contributed by atoms with Crippen LogP contribution in [0, 0.1) is 4.51 Å². The summed E-state index contributed by atoms with van der Waals surface area (Å²) in [4.78, 5) is 11.5. The van der Waals surface area contributed by atoms with E-state index in [9.17, 15) is 4.79 Å². The maximum Gasteiger partial charge on any atom is 0.284 e. The van der Waals surface area contributed by atoms with E-state index < -0.39 is 0 Å². The van der Waals surface area contributed by atoms with Crippen molar-refractivity contribution < 1.29 is 0 Å². The fourth-order valence-electron chi connectivity index (χ4n) is 0.544. The fourth-order valence-corrected chi connectivity index (χ4v) is 0.893. The molecule has 10 heavy (non-hydrogen) atoms. The summed E-state index contributed by atoms with van der Waals surface area (Å²) in [6, 6.07) is 0. The Kier molecular flexibility index (Phi) is 1.96. The molecule has 1 aromatic rings. The van der Waals surface area contributed by atoms with Gasteiger partial charge in [-0.3, -0.25) is 9.48 Å². The second-order valence-electron chi connectivity index (χ2n) is 1.85. The Morgan fingerprint density at radius 1 is 1.80 bits per heavy atom. The normalized spacial score (nSPS) is 9.80. The van der Waals surface area contributed by atoms with E-state index in [-0.39, 0.29) is 10.1 Å². The lowest BCUT2D eigenvalue weighted by Gasteiger charge is -1.96. The second-order valence-corrected chi connectivity index (χ2v) is 2.74. The third-order valence-electron chi connectivity index (χ3n) is 1.13. The topological polar surface area (TPSA) is 37.8 Å². The SMILES string of the molecule is Cn1[nH]cc(S)c(=S)c1=O. The van der Waals surface area contributed by atoms with Crippen molar-refractivity contribution in [1.29, 1.82) is 0 Å². The molecule has 1 N–H and O–H groups in total. The van der Waals surface area contributed by atoms with Crippen LogP contribution >= 0.6 is 24.8 Å². The number of rotatable bonds is 0. The molecule has 0 aliphatic rings. The Balaban J connectivity index is 3.67. The van der Waals surface area contributed by atoms with Crippen LogP contribution in [0.15, 0.2) is 15.9 Å². The average Bonchev–Trinajstić information content (AvgIpc) is 1.93. The van der Waals surface area contributed by atoms with Gasteiger partial charge in [0.15, 0.2) is 0 Å². The Morgan fingerprint density at radius 2 is 2.40 bits per heavy atom. The van der Waals surface area contributed by atoms with Crippen molar-refractivity contribution >= 4 is 24.8 Å². The largest absolute Gasteiger partial charge is 0.302 e. The van der Waals surface area contributed by atoms with Gasteiger partial charge in [-0.1, -0.05) is 12.2 Å². The van der Waals surface area contributed by atoms with Crippen LogP contribution in [0.3, 0.4) is 0 Å². The molecule has 1 rings (SSSR count). The molecule has 0 aromatic carbocycles. The lowest BCUT2D eigenvalue weighted by atomic mass is 10.6. The van der Waals surface area contributed by atoms with Crippen LogP contribution in [-0.2, 0) is 7.05 Å². The van der Waals surface area contributed by atoms with Crippen molar-refractivity contribution in [2.75, 3.05) is 0 Å². The summed E-state index contributed by atoms with van der Waals surface area (Å²) >= 11 is 8.72. The fraction of sp³-hybridized carbons (Fsp3) is 0.200. The summed E-state index contributed by atoms with van der Waals surface area (Å²) in [7, 11) is 1.60. The van der Waals surface area contributed by atoms with Crippen molar-refractivity contribution in [3.05, 3.63) is 21.1 Å². The van der Waals surface area contributed by atoms with Gasteiger partial charge in [-0.25, -0.2) is 0 Å². The Bertz CT molecular complexity index is 316. The molecule has 0 radical (unpaired) electrons. The molecule has 0 aliphatic carbocycles. The molecule has 1 heterocycles. The minimum absolute atomic E-state index is 0.220. The molecule has 0 fully saturated rings. The van der Waals surface area contributed by atoms with Gasteiger partial charge in [0.2, 0.25) is 0 Å². The van der Waals surface area contributed by atoms with Crippen LogP contribution in [0.5, 0.6) is 0 Å². The predicted octanol–water partition coefficient (Wildman–Crippen LogP) is 0.732. The molecule has 0 bridgehead atoms. The zero-order chi connectivity index (χ0) is 7.72. The molecule has 0 unspecified atom stereocenters. The van der Waals surface area contributed by atoms with Crippen LogP contribution in [0.25, 0.3) is 0 Å². The minimum atomic E-state index is -0.220. The van der Waals surface area contributed by atoms with Crippen LogP contribution in [0.2, 0.25) is 0 Å². The average molecular weight is 174 g/mol. The molecule has 0 spiro atoms. The van der Waals surface area contributed by atoms with Gasteiger partial charge in [0.25, 0.3) is 5.56 Å². The summed E-state index contributed by atoms with van der Waals surface area (Å²) in [5.41, 5.74) is -0.220. The van der Waals surface area contributed by atoms with E-state index in [2.05, 4.69) is 17.7 Å². The lowest BCUT2D eigenvalue weighted by molar-refractivity contribution is 0.693. The zero-order valence-electron chi connectivity index (χ0n) is 5.29. The lowest BCUT2D eigenvalue weighted by Crippen LogP contribution is -2.19. The van der Waals surface area contributed by atoms with E-state index in [1.165, 1.54) is 4.68 Å². The second kappa shape index (κ2) is 2.59. The Labute approximate surface area is 68.1 Å². The monoisotopic (exact) mass is 174 g/mol. The highest BCUT2D eigenvalue weighted by Gasteiger charge is 1.94. The van der Waals surface area contributed by atoms with Gasteiger partial charge in [-0.2, -0.15) is 0 Å². The molecular weight excluding hydrogens is 168 g/mol. The number of aryl methyl sites for hydroxylation is 1. The van der Waals surface area contributed by atoms with Crippen LogP contribution in [0.4, 0.5) is 0 Å². The zero-order valence-corrected chi connectivity index (χ0v) is 7.00. The first-order valence-corrected chi connectivity index (χ1v) is 3.46. The highest BCUT2D eigenvalue weighted by atomic mass is 32.1. The van der Waals surface area contributed by atoms with Crippen LogP contribution < -0.4 is 5.56 Å². The number of hydrogen-bond acceptors (Lipinski definition) is 3. The number of aromatic nitrogens is 2. The van der Waals surface area contributed by atoms with E-state index in [1.807, 2.05) is 0 Å². The first-order chi connectivity index (χ1) is 4.63. The Morgan fingerprint density at radius 3 is 2.90 bits per heavy atom. The van der Waals surface area contributed by atoms with Crippen molar-refractivity contribution in [1.82, 2.24) is 9.78 Å². The van der Waals surface area contributed by atoms with Gasteiger partial charge in [0, 0.05) is 18.1 Å². The highest BCUT2D eigenvalue weighted by Crippen LogP contribution is 1.99. The maximum atomic E-state index is 11.0. The number of aromatic amines is 1. The summed E-state index contributed by atoms with van der Waals surface area (Å²) in [5.74, 6) is 0.